The number of benzene rings is 4. The Hall–Kier alpha value is -7.36. The molecule has 0 unspecified atom stereocenters. The summed E-state index contributed by atoms with van der Waals surface area (Å²) in [7, 11) is 0. The first-order valence-electron chi connectivity index (χ1n) is 19.2. The Kier molecular flexibility index (Phi) is 8.95. The van der Waals surface area contributed by atoms with Crippen molar-refractivity contribution in [1.82, 2.24) is 19.9 Å². The van der Waals surface area contributed by atoms with Crippen LogP contribution in [0.4, 0.5) is 52.7 Å². The van der Waals surface area contributed by atoms with Gasteiger partial charge in [-0.2, -0.15) is 52.7 Å². The summed E-state index contributed by atoms with van der Waals surface area (Å²) in [4.78, 5) is 16.4. The Balaban J connectivity index is 1.38. The largest absolute Gasteiger partial charge is 0.416 e. The first-order valence-corrected chi connectivity index (χ1v) is 19.2. The van der Waals surface area contributed by atoms with Gasteiger partial charge in [-0.05, 0) is 118 Å². The van der Waals surface area contributed by atoms with Crippen molar-refractivity contribution in [2.45, 2.75) is 24.7 Å². The first kappa shape index (κ1) is 40.7. The van der Waals surface area contributed by atoms with Crippen LogP contribution in [0.5, 0.6) is 0 Å². The normalized spacial score (nSPS) is 13.7. The third-order valence-corrected chi connectivity index (χ3v) is 11.3. The molecule has 2 aliphatic heterocycles. The van der Waals surface area contributed by atoms with Crippen molar-refractivity contribution in [2.24, 2.45) is 0 Å². The zero-order chi connectivity index (χ0) is 45.1. The van der Waals surface area contributed by atoms with Crippen molar-refractivity contribution in [1.29, 1.82) is 0 Å². The van der Waals surface area contributed by atoms with Crippen LogP contribution in [0.25, 0.3) is 79.2 Å². The van der Waals surface area contributed by atoms with Crippen LogP contribution in [0.2, 0.25) is 0 Å². The average molecular weight is 885 g/mol. The zero-order valence-corrected chi connectivity index (χ0v) is 32.1. The molecule has 0 radical (unpaired) electrons. The molecule has 5 heterocycles. The van der Waals surface area contributed by atoms with Crippen LogP contribution in [-0.4, -0.2) is 19.9 Å². The molecule has 16 heteroatoms. The van der Waals surface area contributed by atoms with E-state index in [-0.39, 0.29) is 49.9 Å². The maximum absolute atomic E-state index is 14.2. The predicted molar refractivity (Wildman–Crippen MR) is 217 cm³/mol. The number of nitrogens with one attached hydrogen (secondary N) is 2. The first-order chi connectivity index (χ1) is 30.2. The number of nitrogens with zero attached hydrogens (tertiary/aromatic N) is 2. The summed E-state index contributed by atoms with van der Waals surface area (Å²) in [6.45, 7) is 0. The van der Waals surface area contributed by atoms with E-state index in [1.165, 1.54) is 48.5 Å². The molecule has 10 rings (SSSR count). The fraction of sp³-hybridized carbons (Fsp3) is 0.0833. The van der Waals surface area contributed by atoms with E-state index in [0.717, 1.165) is 48.5 Å². The van der Waals surface area contributed by atoms with E-state index in [1.807, 2.05) is 0 Å². The van der Waals surface area contributed by atoms with Crippen molar-refractivity contribution < 1.29 is 52.7 Å². The molecule has 320 valence electrons. The van der Waals surface area contributed by atoms with Crippen molar-refractivity contribution in [2.75, 3.05) is 0 Å². The quantitative estimate of drug-likeness (QED) is 0.174. The number of hydrogen-bond acceptors (Lipinski definition) is 2. The number of hydrogen-bond donors (Lipinski definition) is 2. The number of alkyl halides is 12. The van der Waals surface area contributed by atoms with Gasteiger partial charge >= 0.3 is 24.7 Å². The minimum Gasteiger partial charge on any atom is -0.354 e. The van der Waals surface area contributed by atoms with Crippen LogP contribution in [0.15, 0.2) is 115 Å². The lowest BCUT2D eigenvalue weighted by Crippen LogP contribution is -2.12. The second-order valence-corrected chi connectivity index (χ2v) is 15.2. The number of halogens is 12. The highest BCUT2D eigenvalue weighted by Crippen LogP contribution is 2.39. The maximum atomic E-state index is 14.2. The lowest BCUT2D eigenvalue weighted by molar-refractivity contribution is -0.138. The summed E-state index contributed by atoms with van der Waals surface area (Å²) < 4.78 is 166. The van der Waals surface area contributed by atoms with E-state index in [0.29, 0.717) is 49.2 Å². The average Bonchev–Trinajstić information content (AvgIpc) is 4.09. The van der Waals surface area contributed by atoms with E-state index in [4.69, 9.17) is 9.97 Å². The fourth-order valence-electron chi connectivity index (χ4n) is 8.32. The molecule has 2 N–H and O–H groups in total. The number of H-pyrrole nitrogens is 2. The summed E-state index contributed by atoms with van der Waals surface area (Å²) in [6.07, 6.45) is -14.0. The standard InChI is InChI=1S/C48H24F12N4/c49-45(50,51)26-7-1-23(2-8-26)40-33-15-16-34(61-33)41(24-3-9-27(10-4-24)46(52,53)54)36-19-20-38(63-36)43-30-14-13-29(48(58,59)60)21-31(30)32-22-39(64-44(32)43)42(37-18-17-35(40)62-37)25-5-11-28(12-6-25)47(55,56)57/h1-22,61-62H. The number of fused-ring (bicyclic) bond motifs is 9. The van der Waals surface area contributed by atoms with Gasteiger partial charge in [0.2, 0.25) is 0 Å². The number of aromatic amines is 2. The minimum absolute atomic E-state index is 0.155. The van der Waals surface area contributed by atoms with Crippen LogP contribution in [0.3, 0.4) is 0 Å². The van der Waals surface area contributed by atoms with Gasteiger partial charge in [0.25, 0.3) is 0 Å². The molecule has 1 aliphatic carbocycles. The van der Waals surface area contributed by atoms with E-state index in [1.54, 1.807) is 36.4 Å². The third-order valence-electron chi connectivity index (χ3n) is 11.3. The highest BCUT2D eigenvalue weighted by atomic mass is 19.4. The predicted octanol–water partition coefficient (Wildman–Crippen LogP) is 12.8. The molecule has 3 aliphatic rings. The van der Waals surface area contributed by atoms with Crippen molar-refractivity contribution in [3.8, 4) is 33.4 Å². The second kappa shape index (κ2) is 14.1. The third kappa shape index (κ3) is 6.93. The van der Waals surface area contributed by atoms with E-state index in [9.17, 15) is 52.7 Å². The van der Waals surface area contributed by atoms with Gasteiger partial charge in [-0.3, -0.25) is 0 Å². The molecule has 0 fully saturated rings. The van der Waals surface area contributed by atoms with Gasteiger partial charge in [0.05, 0.1) is 44.7 Å². The molecular formula is C48H24F12N4. The Bertz CT molecular complexity index is 3520. The minimum atomic E-state index is -4.74. The molecule has 0 atom stereocenters. The van der Waals surface area contributed by atoms with Crippen LogP contribution < -0.4 is 10.6 Å². The molecule has 0 amide bonds. The number of aromatic nitrogens is 4. The Morgan fingerprint density at radius 2 is 0.781 bits per heavy atom. The SMILES string of the molecule is FC(F)(F)c1ccc(-c2c3nc(c4c5nc(c(-c6ccc(C(F)(F)F)cc6)c6ccc([nH]6)c(-c6ccc(C(F)(F)F)cc6)c6ccc2[nH]6)=CC5=c2cc(C(F)(F)F)ccc2=4)C=C3)cc1. The van der Waals surface area contributed by atoms with Gasteiger partial charge in [-0.15, -0.1) is 0 Å². The van der Waals surface area contributed by atoms with Crippen LogP contribution >= 0.6 is 0 Å². The molecule has 4 aromatic carbocycles. The fourth-order valence-corrected chi connectivity index (χ4v) is 8.32. The Morgan fingerprint density at radius 1 is 0.375 bits per heavy atom. The molecular weight excluding hydrogens is 861 g/mol. The summed E-state index contributed by atoms with van der Waals surface area (Å²) >= 11 is 0. The molecule has 4 nitrogen and oxygen atoms in total. The van der Waals surface area contributed by atoms with E-state index >= 15 is 0 Å². The monoisotopic (exact) mass is 884 g/mol. The van der Waals surface area contributed by atoms with Crippen molar-refractivity contribution >= 4 is 45.9 Å². The van der Waals surface area contributed by atoms with Gasteiger partial charge in [-0.1, -0.05) is 42.5 Å². The molecule has 0 spiro atoms. The van der Waals surface area contributed by atoms with Crippen LogP contribution in [0, 0.1) is 10.4 Å². The maximum Gasteiger partial charge on any atom is 0.416 e. The lowest BCUT2D eigenvalue weighted by atomic mass is 10.0. The van der Waals surface area contributed by atoms with Gasteiger partial charge in [0.1, 0.15) is 0 Å². The van der Waals surface area contributed by atoms with Gasteiger partial charge in [-0.25, -0.2) is 9.97 Å². The topological polar surface area (TPSA) is 57.4 Å². The summed E-state index contributed by atoms with van der Waals surface area (Å²) in [5.41, 5.74) is 0.257. The molecule has 0 saturated heterocycles. The summed E-state index contributed by atoms with van der Waals surface area (Å²) in [5, 5.41) is 1.00. The van der Waals surface area contributed by atoms with Gasteiger partial charge < -0.3 is 9.97 Å². The van der Waals surface area contributed by atoms with Crippen molar-refractivity contribution in [3.63, 3.8) is 0 Å². The van der Waals surface area contributed by atoms with Crippen LogP contribution in [-0.2, 0) is 24.7 Å². The Labute approximate surface area is 351 Å². The van der Waals surface area contributed by atoms with Gasteiger partial charge in [0, 0.05) is 49.5 Å². The van der Waals surface area contributed by atoms with Crippen LogP contribution in [0.1, 0.15) is 39.3 Å². The summed E-state index contributed by atoms with van der Waals surface area (Å²) in [6, 6.07) is 22.5. The van der Waals surface area contributed by atoms with Gasteiger partial charge in [0.15, 0.2) is 0 Å². The molecule has 8 bridgehead atoms. The second-order valence-electron chi connectivity index (χ2n) is 15.2. The van der Waals surface area contributed by atoms with Crippen molar-refractivity contribution in [3.05, 3.63) is 176 Å². The highest BCUT2D eigenvalue weighted by molar-refractivity contribution is 5.99. The smallest absolute Gasteiger partial charge is 0.354 e. The Morgan fingerprint density at radius 3 is 1.27 bits per heavy atom. The summed E-state index contributed by atoms with van der Waals surface area (Å²) in [5.74, 6) is 0. The van der Waals surface area contributed by atoms with E-state index in [2.05, 4.69) is 9.97 Å². The molecule has 0 saturated carbocycles. The highest BCUT2D eigenvalue weighted by Gasteiger charge is 2.34. The molecule has 7 aromatic rings. The van der Waals surface area contributed by atoms with E-state index < -0.39 is 47.0 Å². The molecule has 64 heavy (non-hydrogen) atoms. The zero-order valence-electron chi connectivity index (χ0n) is 32.1. The molecule has 3 aromatic heterocycles. The number of rotatable bonds is 3. The lowest BCUT2D eigenvalue weighted by Gasteiger charge is -2.09.